The van der Waals surface area contributed by atoms with Gasteiger partial charge in [-0.2, -0.15) is 0 Å². The lowest BCUT2D eigenvalue weighted by Crippen LogP contribution is -2.48. The second-order valence-corrected chi connectivity index (χ2v) is 7.55. The van der Waals surface area contributed by atoms with Gasteiger partial charge in [0, 0.05) is 37.9 Å². The molecule has 1 aromatic carbocycles. The SMILES string of the molecule is CC(NC(=O)C1CC(=O)N(c2ccc3c(c2)OCO3)C1)C(=O)NCC1CCCO1. The van der Waals surface area contributed by atoms with Crippen molar-refractivity contribution < 1.29 is 28.6 Å². The van der Waals surface area contributed by atoms with E-state index in [1.165, 1.54) is 0 Å². The van der Waals surface area contributed by atoms with Gasteiger partial charge in [0.1, 0.15) is 6.04 Å². The molecule has 0 aliphatic carbocycles. The van der Waals surface area contributed by atoms with Crippen LogP contribution in [0.15, 0.2) is 18.2 Å². The Bertz CT molecular complexity index is 807. The molecular formula is C20H25N3O6. The minimum absolute atomic E-state index is 0.0459. The Morgan fingerprint density at radius 1 is 1.28 bits per heavy atom. The maximum Gasteiger partial charge on any atom is 0.242 e. The Morgan fingerprint density at radius 3 is 2.90 bits per heavy atom. The highest BCUT2D eigenvalue weighted by atomic mass is 16.7. The molecule has 0 saturated carbocycles. The van der Waals surface area contributed by atoms with E-state index in [0.29, 0.717) is 23.7 Å². The van der Waals surface area contributed by atoms with Crippen molar-refractivity contribution >= 4 is 23.4 Å². The largest absolute Gasteiger partial charge is 0.454 e. The summed E-state index contributed by atoms with van der Waals surface area (Å²) < 4.78 is 16.1. The average Bonchev–Trinajstić information content (AvgIpc) is 3.45. The number of nitrogens with zero attached hydrogens (tertiary/aromatic N) is 1. The van der Waals surface area contributed by atoms with Crippen molar-refractivity contribution in [3.05, 3.63) is 18.2 Å². The molecule has 3 amide bonds. The summed E-state index contributed by atoms with van der Waals surface area (Å²) in [6.07, 6.45) is 2.08. The van der Waals surface area contributed by atoms with Crippen LogP contribution in [0.5, 0.6) is 11.5 Å². The summed E-state index contributed by atoms with van der Waals surface area (Å²) in [6.45, 7) is 3.22. The fraction of sp³-hybridized carbons (Fsp3) is 0.550. The van der Waals surface area contributed by atoms with E-state index in [9.17, 15) is 14.4 Å². The van der Waals surface area contributed by atoms with Gasteiger partial charge in [-0.15, -0.1) is 0 Å². The van der Waals surface area contributed by atoms with Crippen LogP contribution >= 0.6 is 0 Å². The van der Waals surface area contributed by atoms with Crippen LogP contribution in [0.4, 0.5) is 5.69 Å². The van der Waals surface area contributed by atoms with Gasteiger partial charge >= 0.3 is 0 Å². The summed E-state index contributed by atoms with van der Waals surface area (Å²) in [4.78, 5) is 38.8. The van der Waals surface area contributed by atoms with Crippen LogP contribution in [-0.4, -0.2) is 56.4 Å². The van der Waals surface area contributed by atoms with Gasteiger partial charge in [-0.3, -0.25) is 14.4 Å². The molecular weight excluding hydrogens is 378 g/mol. The molecule has 4 rings (SSSR count). The number of fused-ring (bicyclic) bond motifs is 1. The van der Waals surface area contributed by atoms with Crippen LogP contribution in [0.1, 0.15) is 26.2 Å². The predicted octanol–water partition coefficient (Wildman–Crippen LogP) is 0.568. The van der Waals surface area contributed by atoms with E-state index in [-0.39, 0.29) is 43.6 Å². The van der Waals surface area contributed by atoms with Crippen LogP contribution in [0.2, 0.25) is 0 Å². The fourth-order valence-electron chi connectivity index (χ4n) is 3.76. The van der Waals surface area contributed by atoms with Gasteiger partial charge in [-0.25, -0.2) is 0 Å². The topological polar surface area (TPSA) is 106 Å². The quantitative estimate of drug-likeness (QED) is 0.719. The highest BCUT2D eigenvalue weighted by Crippen LogP contribution is 2.37. The second kappa shape index (κ2) is 8.28. The number of benzene rings is 1. The van der Waals surface area contributed by atoms with Crippen molar-refractivity contribution in [3.8, 4) is 11.5 Å². The minimum Gasteiger partial charge on any atom is -0.454 e. The molecule has 3 atom stereocenters. The lowest BCUT2D eigenvalue weighted by atomic mass is 10.1. The number of carbonyl (C=O) groups excluding carboxylic acids is 3. The molecule has 0 aromatic heterocycles. The molecule has 0 radical (unpaired) electrons. The highest BCUT2D eigenvalue weighted by molar-refractivity contribution is 6.01. The van der Waals surface area contributed by atoms with Gasteiger partial charge in [0.25, 0.3) is 0 Å². The third-order valence-corrected chi connectivity index (χ3v) is 5.44. The average molecular weight is 403 g/mol. The standard InChI is InChI=1S/C20H25N3O6/c1-12(19(25)21-9-15-3-2-6-27-15)22-20(26)13-7-18(24)23(10-13)14-4-5-16-17(8-14)29-11-28-16/h4-5,8,12-13,15H,2-3,6-7,9-11H2,1H3,(H,21,25)(H,22,26). The zero-order valence-corrected chi connectivity index (χ0v) is 16.3. The Hall–Kier alpha value is -2.81. The number of nitrogens with one attached hydrogen (secondary N) is 2. The van der Waals surface area contributed by atoms with Crippen molar-refractivity contribution in [3.63, 3.8) is 0 Å². The molecule has 1 aromatic rings. The van der Waals surface area contributed by atoms with Crippen LogP contribution in [0.25, 0.3) is 0 Å². The molecule has 3 heterocycles. The first-order valence-corrected chi connectivity index (χ1v) is 9.91. The van der Waals surface area contributed by atoms with Crippen molar-refractivity contribution in [1.29, 1.82) is 0 Å². The van der Waals surface area contributed by atoms with Crippen LogP contribution < -0.4 is 25.0 Å². The number of rotatable bonds is 6. The molecule has 3 aliphatic heterocycles. The maximum atomic E-state index is 12.6. The van der Waals surface area contributed by atoms with Crippen molar-refractivity contribution in [2.45, 2.75) is 38.3 Å². The third-order valence-electron chi connectivity index (χ3n) is 5.44. The van der Waals surface area contributed by atoms with Crippen LogP contribution in [-0.2, 0) is 19.1 Å². The van der Waals surface area contributed by atoms with Gasteiger partial charge in [0.15, 0.2) is 11.5 Å². The number of hydrogen-bond donors (Lipinski definition) is 2. The fourth-order valence-corrected chi connectivity index (χ4v) is 3.76. The van der Waals surface area contributed by atoms with E-state index in [4.69, 9.17) is 14.2 Å². The van der Waals surface area contributed by atoms with E-state index < -0.39 is 12.0 Å². The highest BCUT2D eigenvalue weighted by Gasteiger charge is 2.36. The third kappa shape index (κ3) is 4.29. The first-order chi connectivity index (χ1) is 14.0. The first-order valence-electron chi connectivity index (χ1n) is 9.91. The second-order valence-electron chi connectivity index (χ2n) is 7.55. The molecule has 0 spiro atoms. The Kier molecular flexibility index (Phi) is 5.57. The molecule has 0 bridgehead atoms. The smallest absolute Gasteiger partial charge is 0.242 e. The maximum absolute atomic E-state index is 12.6. The normalized spacial score (nSPS) is 23.9. The summed E-state index contributed by atoms with van der Waals surface area (Å²) in [5.74, 6) is 0.00488. The summed E-state index contributed by atoms with van der Waals surface area (Å²) in [7, 11) is 0. The number of amides is 3. The van der Waals surface area contributed by atoms with Crippen molar-refractivity contribution in [1.82, 2.24) is 10.6 Å². The molecule has 3 unspecified atom stereocenters. The van der Waals surface area contributed by atoms with Crippen LogP contribution in [0, 0.1) is 5.92 Å². The van der Waals surface area contributed by atoms with Gasteiger partial charge in [0.05, 0.1) is 12.0 Å². The predicted molar refractivity (Wildman–Crippen MR) is 103 cm³/mol. The van der Waals surface area contributed by atoms with E-state index in [2.05, 4.69) is 10.6 Å². The van der Waals surface area contributed by atoms with E-state index in [1.54, 1.807) is 30.0 Å². The molecule has 2 fully saturated rings. The van der Waals surface area contributed by atoms with E-state index >= 15 is 0 Å². The van der Waals surface area contributed by atoms with Gasteiger partial charge in [-0.05, 0) is 31.9 Å². The molecule has 9 nitrogen and oxygen atoms in total. The summed E-state index contributed by atoms with van der Waals surface area (Å²) in [6, 6.07) is 4.58. The van der Waals surface area contributed by atoms with Crippen LogP contribution in [0.3, 0.4) is 0 Å². The summed E-state index contributed by atoms with van der Waals surface area (Å²) in [5, 5.41) is 5.52. The zero-order chi connectivity index (χ0) is 20.4. The zero-order valence-electron chi connectivity index (χ0n) is 16.3. The lowest BCUT2D eigenvalue weighted by Gasteiger charge is -2.19. The number of hydrogen-bond acceptors (Lipinski definition) is 6. The molecule has 29 heavy (non-hydrogen) atoms. The molecule has 156 valence electrons. The molecule has 3 aliphatic rings. The lowest BCUT2D eigenvalue weighted by molar-refractivity contribution is -0.131. The Balaban J connectivity index is 1.30. The first kappa shape index (κ1) is 19.5. The van der Waals surface area contributed by atoms with Gasteiger partial charge < -0.3 is 29.7 Å². The Morgan fingerprint density at radius 2 is 2.10 bits per heavy atom. The minimum atomic E-state index is -0.682. The van der Waals surface area contributed by atoms with Gasteiger partial charge in [-0.1, -0.05) is 0 Å². The molecule has 2 saturated heterocycles. The monoisotopic (exact) mass is 403 g/mol. The Labute approximate surface area is 168 Å². The number of ether oxygens (including phenoxy) is 3. The van der Waals surface area contributed by atoms with Crippen molar-refractivity contribution in [2.24, 2.45) is 5.92 Å². The molecule has 9 heteroatoms. The molecule has 2 N–H and O–H groups in total. The van der Waals surface area contributed by atoms with Gasteiger partial charge in [0.2, 0.25) is 24.5 Å². The van der Waals surface area contributed by atoms with Crippen molar-refractivity contribution in [2.75, 3.05) is 31.4 Å². The number of carbonyl (C=O) groups is 3. The summed E-state index contributed by atoms with van der Waals surface area (Å²) >= 11 is 0. The number of anilines is 1. The summed E-state index contributed by atoms with van der Waals surface area (Å²) in [5.41, 5.74) is 0.664. The van der Waals surface area contributed by atoms with E-state index in [1.807, 2.05) is 0 Å². The van der Waals surface area contributed by atoms with E-state index in [0.717, 1.165) is 19.4 Å².